The van der Waals surface area contributed by atoms with E-state index in [9.17, 15) is 0 Å². The molecule has 54 valence electrons. The predicted octanol–water partition coefficient (Wildman–Crippen LogP) is 3.06. The van der Waals surface area contributed by atoms with Gasteiger partial charge in [0, 0.05) is 0 Å². The van der Waals surface area contributed by atoms with Crippen LogP contribution in [0.2, 0.25) is 0 Å². The lowest BCUT2D eigenvalue weighted by atomic mass is 9.98. The zero-order chi connectivity index (χ0) is 5.82. The van der Waals surface area contributed by atoms with Crippen LogP contribution in [-0.4, -0.2) is 0 Å². The first-order valence-corrected chi connectivity index (χ1v) is 3.61. The van der Waals surface area contributed by atoms with Crippen LogP contribution < -0.4 is 6.15 Å². The van der Waals surface area contributed by atoms with Crippen LogP contribution in [0.4, 0.5) is 0 Å². The van der Waals surface area contributed by atoms with Crippen LogP contribution in [0.1, 0.15) is 39.0 Å². The van der Waals surface area contributed by atoms with Gasteiger partial charge in [0.15, 0.2) is 0 Å². The molecule has 0 aromatic heterocycles. The van der Waals surface area contributed by atoms with Gasteiger partial charge in [0.05, 0.1) is 0 Å². The Morgan fingerprint density at radius 2 is 2.22 bits per heavy atom. The van der Waals surface area contributed by atoms with Crippen LogP contribution in [0.3, 0.4) is 0 Å². The van der Waals surface area contributed by atoms with E-state index in [1.165, 1.54) is 32.1 Å². The SMILES string of the molecule is CCC1=CCCCC1.N. The standard InChI is InChI=1S/C8H14.H3N/c1-2-8-6-4-3-5-7-8;/h6H,2-5,7H2,1H3;1H3. The Morgan fingerprint density at radius 3 is 2.56 bits per heavy atom. The van der Waals surface area contributed by atoms with Crippen LogP contribution in [0, 0.1) is 0 Å². The summed E-state index contributed by atoms with van der Waals surface area (Å²) in [5.41, 5.74) is 1.68. The minimum Gasteiger partial charge on any atom is -0.344 e. The van der Waals surface area contributed by atoms with E-state index in [0.29, 0.717) is 0 Å². The van der Waals surface area contributed by atoms with Gasteiger partial charge in [0.1, 0.15) is 0 Å². The van der Waals surface area contributed by atoms with Gasteiger partial charge in [0.2, 0.25) is 0 Å². The Morgan fingerprint density at radius 1 is 1.44 bits per heavy atom. The number of allylic oxidation sites excluding steroid dienone is 2. The second-order valence-electron chi connectivity index (χ2n) is 2.46. The molecule has 0 heterocycles. The molecule has 0 unspecified atom stereocenters. The van der Waals surface area contributed by atoms with E-state index in [1.807, 2.05) is 0 Å². The fraction of sp³-hybridized carbons (Fsp3) is 0.750. The molecule has 3 N–H and O–H groups in total. The first-order chi connectivity index (χ1) is 3.93. The summed E-state index contributed by atoms with van der Waals surface area (Å²) >= 11 is 0. The Kier molecular flexibility index (Phi) is 4.41. The third-order valence-electron chi connectivity index (χ3n) is 1.84. The van der Waals surface area contributed by atoms with Crippen LogP contribution in [0.5, 0.6) is 0 Å². The van der Waals surface area contributed by atoms with Crippen molar-refractivity contribution in [2.24, 2.45) is 0 Å². The number of hydrogen-bond acceptors (Lipinski definition) is 1. The van der Waals surface area contributed by atoms with Gasteiger partial charge in [-0.2, -0.15) is 0 Å². The quantitative estimate of drug-likeness (QED) is 0.540. The molecule has 0 aliphatic heterocycles. The molecule has 1 aliphatic rings. The summed E-state index contributed by atoms with van der Waals surface area (Å²) in [6.07, 6.45) is 9.24. The average molecular weight is 127 g/mol. The highest BCUT2D eigenvalue weighted by Crippen LogP contribution is 2.18. The molecule has 0 aromatic rings. The highest BCUT2D eigenvalue weighted by atomic mass is 14.0. The molecule has 1 rings (SSSR count). The van der Waals surface area contributed by atoms with Crippen molar-refractivity contribution >= 4 is 0 Å². The third-order valence-corrected chi connectivity index (χ3v) is 1.84. The van der Waals surface area contributed by atoms with Gasteiger partial charge in [-0.1, -0.05) is 18.6 Å². The van der Waals surface area contributed by atoms with E-state index in [4.69, 9.17) is 0 Å². The maximum Gasteiger partial charge on any atom is -0.0320 e. The van der Waals surface area contributed by atoms with Crippen molar-refractivity contribution < 1.29 is 0 Å². The van der Waals surface area contributed by atoms with Gasteiger partial charge in [-0.3, -0.25) is 0 Å². The van der Waals surface area contributed by atoms with E-state index >= 15 is 0 Å². The van der Waals surface area contributed by atoms with Crippen molar-refractivity contribution in [2.75, 3.05) is 0 Å². The molecule has 0 bridgehead atoms. The minimum absolute atomic E-state index is 0. The van der Waals surface area contributed by atoms with Crippen molar-refractivity contribution in [3.05, 3.63) is 11.6 Å². The van der Waals surface area contributed by atoms with Crippen molar-refractivity contribution in [3.8, 4) is 0 Å². The summed E-state index contributed by atoms with van der Waals surface area (Å²) in [7, 11) is 0. The van der Waals surface area contributed by atoms with E-state index in [1.54, 1.807) is 5.57 Å². The molecule has 0 fully saturated rings. The van der Waals surface area contributed by atoms with Crippen LogP contribution in [0.25, 0.3) is 0 Å². The number of hydrogen-bond donors (Lipinski definition) is 1. The second kappa shape index (κ2) is 4.57. The zero-order valence-electron chi connectivity index (χ0n) is 6.32. The van der Waals surface area contributed by atoms with Gasteiger partial charge < -0.3 is 6.15 Å². The predicted molar refractivity (Wildman–Crippen MR) is 41.9 cm³/mol. The molecule has 0 saturated carbocycles. The van der Waals surface area contributed by atoms with Gasteiger partial charge in [-0.15, -0.1) is 0 Å². The maximum atomic E-state index is 2.41. The highest BCUT2D eigenvalue weighted by molar-refractivity contribution is 5.03. The van der Waals surface area contributed by atoms with Gasteiger partial charge in [0.25, 0.3) is 0 Å². The zero-order valence-corrected chi connectivity index (χ0v) is 6.32. The first kappa shape index (κ1) is 8.70. The topological polar surface area (TPSA) is 35.0 Å². The number of rotatable bonds is 1. The molecule has 0 spiro atoms. The largest absolute Gasteiger partial charge is 0.344 e. The summed E-state index contributed by atoms with van der Waals surface area (Å²) in [5, 5.41) is 0. The van der Waals surface area contributed by atoms with E-state index < -0.39 is 0 Å². The lowest BCUT2D eigenvalue weighted by molar-refractivity contribution is 0.684. The Bertz CT molecular complexity index is 94.7. The second-order valence-corrected chi connectivity index (χ2v) is 2.46. The van der Waals surface area contributed by atoms with E-state index in [2.05, 4.69) is 13.0 Å². The maximum absolute atomic E-state index is 2.41. The van der Waals surface area contributed by atoms with Crippen molar-refractivity contribution in [1.29, 1.82) is 0 Å². The van der Waals surface area contributed by atoms with E-state index in [-0.39, 0.29) is 6.15 Å². The first-order valence-electron chi connectivity index (χ1n) is 3.61. The Labute approximate surface area is 57.7 Å². The summed E-state index contributed by atoms with van der Waals surface area (Å²) in [4.78, 5) is 0. The average Bonchev–Trinajstić information content (AvgIpc) is 1.90. The molecule has 0 saturated heterocycles. The smallest absolute Gasteiger partial charge is 0.0320 e. The van der Waals surface area contributed by atoms with E-state index in [0.717, 1.165) is 0 Å². The summed E-state index contributed by atoms with van der Waals surface area (Å²) in [6, 6.07) is 0. The Hall–Kier alpha value is -0.300. The van der Waals surface area contributed by atoms with Crippen LogP contribution in [-0.2, 0) is 0 Å². The molecule has 9 heavy (non-hydrogen) atoms. The lowest BCUT2D eigenvalue weighted by Crippen LogP contribution is -1.88. The fourth-order valence-electron chi connectivity index (χ4n) is 1.23. The molecule has 1 aliphatic carbocycles. The summed E-state index contributed by atoms with van der Waals surface area (Å²) in [5.74, 6) is 0. The third kappa shape index (κ3) is 2.66. The molecule has 0 aromatic carbocycles. The van der Waals surface area contributed by atoms with Gasteiger partial charge >= 0.3 is 0 Å². The minimum atomic E-state index is 0. The van der Waals surface area contributed by atoms with Crippen LogP contribution >= 0.6 is 0 Å². The lowest BCUT2D eigenvalue weighted by Gasteiger charge is -2.08. The normalized spacial score (nSPS) is 18.1. The van der Waals surface area contributed by atoms with Crippen LogP contribution in [0.15, 0.2) is 11.6 Å². The van der Waals surface area contributed by atoms with Gasteiger partial charge in [-0.05, 0) is 32.1 Å². The molecule has 1 nitrogen and oxygen atoms in total. The summed E-state index contributed by atoms with van der Waals surface area (Å²) in [6.45, 7) is 2.25. The molecule has 1 heteroatoms. The molecule has 0 atom stereocenters. The van der Waals surface area contributed by atoms with Crippen molar-refractivity contribution in [3.63, 3.8) is 0 Å². The van der Waals surface area contributed by atoms with Gasteiger partial charge in [-0.25, -0.2) is 0 Å². The van der Waals surface area contributed by atoms with Crippen molar-refractivity contribution in [2.45, 2.75) is 39.0 Å². The fourth-order valence-corrected chi connectivity index (χ4v) is 1.23. The van der Waals surface area contributed by atoms with Crippen molar-refractivity contribution in [1.82, 2.24) is 6.15 Å². The Balaban J connectivity index is 0.000000640. The molecular formula is C8H17N. The molecule has 0 amide bonds. The monoisotopic (exact) mass is 127 g/mol. The summed E-state index contributed by atoms with van der Waals surface area (Å²) < 4.78 is 0. The highest BCUT2D eigenvalue weighted by Gasteiger charge is 1.98. The molecular weight excluding hydrogens is 110 g/mol. The molecule has 0 radical (unpaired) electrons.